The summed E-state index contributed by atoms with van der Waals surface area (Å²) in [6, 6.07) is 6.04. The van der Waals surface area contributed by atoms with Crippen LogP contribution in [0, 0.1) is 5.92 Å². The van der Waals surface area contributed by atoms with Crippen molar-refractivity contribution < 1.29 is 18.3 Å². The first-order valence-corrected chi connectivity index (χ1v) is 6.73. The van der Waals surface area contributed by atoms with Gasteiger partial charge in [0.05, 0.1) is 0 Å². The Bertz CT molecular complexity index is 426. The lowest BCUT2D eigenvalue weighted by molar-refractivity contribution is -0.0498. The number of alkyl halides is 2. The zero-order chi connectivity index (χ0) is 13.7. The first-order valence-electron chi connectivity index (χ1n) is 6.73. The predicted molar refractivity (Wildman–Crippen MR) is 68.6 cm³/mol. The fourth-order valence-corrected chi connectivity index (χ4v) is 2.62. The van der Waals surface area contributed by atoms with E-state index in [-0.39, 0.29) is 11.5 Å². The normalized spacial score (nSPS) is 15.9. The molecule has 2 rings (SSSR count). The van der Waals surface area contributed by atoms with Crippen LogP contribution in [-0.4, -0.2) is 12.4 Å². The van der Waals surface area contributed by atoms with E-state index in [1.54, 1.807) is 12.1 Å². The van der Waals surface area contributed by atoms with Gasteiger partial charge >= 0.3 is 6.61 Å². The van der Waals surface area contributed by atoms with E-state index in [0.29, 0.717) is 17.9 Å². The number of hydrogen-bond acceptors (Lipinski definition) is 2. The third-order valence-corrected chi connectivity index (χ3v) is 3.64. The van der Waals surface area contributed by atoms with Crippen molar-refractivity contribution in [3.8, 4) is 5.75 Å². The molecular formula is C15H18F2O2. The van der Waals surface area contributed by atoms with Crippen molar-refractivity contribution in [3.05, 3.63) is 29.8 Å². The molecule has 0 saturated heterocycles. The van der Waals surface area contributed by atoms with Crippen LogP contribution in [0.2, 0.25) is 0 Å². The molecule has 1 aliphatic carbocycles. The number of benzene rings is 1. The van der Waals surface area contributed by atoms with Gasteiger partial charge in [-0.25, -0.2) is 0 Å². The second kappa shape index (κ2) is 6.64. The van der Waals surface area contributed by atoms with Gasteiger partial charge in [0.1, 0.15) is 5.75 Å². The summed E-state index contributed by atoms with van der Waals surface area (Å²) in [6.45, 7) is -2.86. The highest BCUT2D eigenvalue weighted by Gasteiger charge is 2.17. The summed E-state index contributed by atoms with van der Waals surface area (Å²) in [4.78, 5) is 12.0. The van der Waals surface area contributed by atoms with Crippen LogP contribution in [-0.2, 0) is 0 Å². The van der Waals surface area contributed by atoms with Crippen molar-refractivity contribution in [1.82, 2.24) is 0 Å². The molecule has 0 spiro atoms. The first kappa shape index (κ1) is 14.0. The average molecular weight is 268 g/mol. The molecule has 0 unspecified atom stereocenters. The van der Waals surface area contributed by atoms with Crippen molar-refractivity contribution >= 4 is 5.78 Å². The largest absolute Gasteiger partial charge is 0.435 e. The van der Waals surface area contributed by atoms with Gasteiger partial charge in [-0.2, -0.15) is 8.78 Å². The van der Waals surface area contributed by atoms with Gasteiger partial charge < -0.3 is 4.74 Å². The lowest BCUT2D eigenvalue weighted by Gasteiger charge is -2.09. The molecule has 2 nitrogen and oxygen atoms in total. The highest BCUT2D eigenvalue weighted by molar-refractivity contribution is 5.96. The van der Waals surface area contributed by atoms with E-state index in [4.69, 9.17) is 0 Å². The Morgan fingerprint density at radius 3 is 2.74 bits per heavy atom. The molecule has 1 aromatic rings. The van der Waals surface area contributed by atoms with E-state index in [0.717, 1.165) is 6.42 Å². The zero-order valence-electron chi connectivity index (χ0n) is 10.8. The van der Waals surface area contributed by atoms with Gasteiger partial charge in [-0.1, -0.05) is 37.8 Å². The standard InChI is InChI=1S/C15H18F2O2/c16-15(17)19-13-7-3-6-12(10-13)14(18)9-8-11-4-1-2-5-11/h3,6-7,10-11,15H,1-2,4-5,8-9H2. The van der Waals surface area contributed by atoms with Crippen molar-refractivity contribution in [2.45, 2.75) is 45.1 Å². The van der Waals surface area contributed by atoms with Gasteiger partial charge in [-0.3, -0.25) is 4.79 Å². The summed E-state index contributed by atoms with van der Waals surface area (Å²) in [5.74, 6) is 0.706. The molecule has 1 saturated carbocycles. The summed E-state index contributed by atoms with van der Waals surface area (Å²) in [7, 11) is 0. The molecule has 0 heterocycles. The minimum Gasteiger partial charge on any atom is -0.435 e. The molecule has 0 aromatic heterocycles. The molecule has 1 fully saturated rings. The Morgan fingerprint density at radius 2 is 2.05 bits per heavy atom. The Balaban J connectivity index is 1.90. The molecule has 0 radical (unpaired) electrons. The summed E-state index contributed by atoms with van der Waals surface area (Å²) in [5, 5.41) is 0. The fourth-order valence-electron chi connectivity index (χ4n) is 2.62. The van der Waals surface area contributed by atoms with E-state index in [9.17, 15) is 13.6 Å². The topological polar surface area (TPSA) is 26.3 Å². The van der Waals surface area contributed by atoms with Crippen LogP contribution in [0.1, 0.15) is 48.9 Å². The third-order valence-electron chi connectivity index (χ3n) is 3.64. The first-order chi connectivity index (χ1) is 9.15. The molecular weight excluding hydrogens is 250 g/mol. The molecule has 104 valence electrons. The lowest BCUT2D eigenvalue weighted by Crippen LogP contribution is -2.05. The van der Waals surface area contributed by atoms with Crippen LogP contribution in [0.25, 0.3) is 0 Å². The molecule has 1 aliphatic rings. The second-order valence-corrected chi connectivity index (χ2v) is 5.02. The number of carbonyl (C=O) groups excluding carboxylic acids is 1. The van der Waals surface area contributed by atoms with Crippen LogP contribution in [0.4, 0.5) is 8.78 Å². The highest BCUT2D eigenvalue weighted by atomic mass is 19.3. The molecule has 0 N–H and O–H groups in total. The van der Waals surface area contributed by atoms with E-state index < -0.39 is 6.61 Å². The molecule has 1 aromatic carbocycles. The maximum atomic E-state index is 12.1. The van der Waals surface area contributed by atoms with Crippen LogP contribution < -0.4 is 4.74 Å². The number of ether oxygens (including phenoxy) is 1. The summed E-state index contributed by atoms with van der Waals surface area (Å²) in [5.41, 5.74) is 0.455. The Labute approximate surface area is 111 Å². The van der Waals surface area contributed by atoms with Gasteiger partial charge in [-0.05, 0) is 24.5 Å². The molecule has 0 atom stereocenters. The second-order valence-electron chi connectivity index (χ2n) is 5.02. The van der Waals surface area contributed by atoms with Crippen LogP contribution in [0.3, 0.4) is 0 Å². The van der Waals surface area contributed by atoms with Crippen LogP contribution in [0.15, 0.2) is 24.3 Å². The summed E-state index contributed by atoms with van der Waals surface area (Å²) in [6.07, 6.45) is 6.33. The molecule has 0 bridgehead atoms. The van der Waals surface area contributed by atoms with Crippen molar-refractivity contribution in [2.75, 3.05) is 0 Å². The quantitative estimate of drug-likeness (QED) is 0.713. The number of Topliss-reactive ketones (excluding diaryl/α,β-unsaturated/α-hetero) is 1. The maximum Gasteiger partial charge on any atom is 0.387 e. The maximum absolute atomic E-state index is 12.1. The van der Waals surface area contributed by atoms with Gasteiger partial charge in [-0.15, -0.1) is 0 Å². The minimum atomic E-state index is -2.86. The monoisotopic (exact) mass is 268 g/mol. The Hall–Kier alpha value is -1.45. The third kappa shape index (κ3) is 4.30. The van der Waals surface area contributed by atoms with E-state index in [1.807, 2.05) is 0 Å². The smallest absolute Gasteiger partial charge is 0.387 e. The summed E-state index contributed by atoms with van der Waals surface area (Å²) < 4.78 is 28.5. The minimum absolute atomic E-state index is 0.00613. The van der Waals surface area contributed by atoms with Gasteiger partial charge in [0.2, 0.25) is 0 Å². The Kier molecular flexibility index (Phi) is 4.88. The molecule has 19 heavy (non-hydrogen) atoms. The van der Waals surface area contributed by atoms with Crippen LogP contribution in [0.5, 0.6) is 5.75 Å². The van der Waals surface area contributed by atoms with Crippen molar-refractivity contribution in [2.24, 2.45) is 5.92 Å². The summed E-state index contributed by atoms with van der Waals surface area (Å²) >= 11 is 0. The lowest BCUT2D eigenvalue weighted by atomic mass is 9.97. The molecule has 0 aliphatic heterocycles. The number of ketones is 1. The average Bonchev–Trinajstić information content (AvgIpc) is 2.88. The SMILES string of the molecule is O=C(CCC1CCCC1)c1cccc(OC(F)F)c1. The van der Waals surface area contributed by atoms with E-state index in [2.05, 4.69) is 4.74 Å². The Morgan fingerprint density at radius 1 is 1.32 bits per heavy atom. The van der Waals surface area contributed by atoms with Gasteiger partial charge in [0.15, 0.2) is 5.78 Å². The van der Waals surface area contributed by atoms with E-state index in [1.165, 1.54) is 37.8 Å². The van der Waals surface area contributed by atoms with Crippen molar-refractivity contribution in [3.63, 3.8) is 0 Å². The highest BCUT2D eigenvalue weighted by Crippen LogP contribution is 2.29. The molecule has 0 amide bonds. The number of hydrogen-bond donors (Lipinski definition) is 0. The van der Waals surface area contributed by atoms with Crippen LogP contribution >= 0.6 is 0 Å². The molecule has 4 heteroatoms. The number of rotatable bonds is 6. The fraction of sp³-hybridized carbons (Fsp3) is 0.533. The van der Waals surface area contributed by atoms with Crippen molar-refractivity contribution in [1.29, 1.82) is 0 Å². The number of carbonyl (C=O) groups is 1. The zero-order valence-corrected chi connectivity index (χ0v) is 10.8. The number of halogens is 2. The van der Waals surface area contributed by atoms with Gasteiger partial charge in [0.25, 0.3) is 0 Å². The van der Waals surface area contributed by atoms with Gasteiger partial charge in [0, 0.05) is 12.0 Å². The van der Waals surface area contributed by atoms with E-state index >= 15 is 0 Å². The predicted octanol–water partition coefficient (Wildman–Crippen LogP) is 4.44.